The van der Waals surface area contributed by atoms with E-state index in [0.29, 0.717) is 12.3 Å². The number of nitrogens with zero attached hydrogens (tertiary/aromatic N) is 3. The van der Waals surface area contributed by atoms with Crippen LogP contribution in [0, 0.1) is 5.92 Å². The Balaban J connectivity index is 1.37. The van der Waals surface area contributed by atoms with Crippen LogP contribution in [-0.2, 0) is 11.0 Å². The third-order valence-electron chi connectivity index (χ3n) is 5.67. The number of amides is 3. The van der Waals surface area contributed by atoms with Crippen molar-refractivity contribution < 1.29 is 27.5 Å². The first kappa shape index (κ1) is 18.1. The molecule has 3 amide bonds. The molecule has 1 aliphatic carbocycles. The zero-order valence-electron chi connectivity index (χ0n) is 14.6. The summed E-state index contributed by atoms with van der Waals surface area (Å²) in [5.74, 6) is -0.00359. The van der Waals surface area contributed by atoms with Gasteiger partial charge in [-0.05, 0) is 31.2 Å². The number of halogens is 3. The molecule has 0 aromatic carbocycles. The number of carbonyl (C=O) groups is 2. The minimum atomic E-state index is -4.55. The van der Waals surface area contributed by atoms with Gasteiger partial charge in [0.05, 0.1) is 6.54 Å². The number of pyridine rings is 1. The lowest BCUT2D eigenvalue weighted by molar-refractivity contribution is -0.141. The summed E-state index contributed by atoms with van der Waals surface area (Å²) in [6, 6.07) is 2.81. The van der Waals surface area contributed by atoms with Gasteiger partial charge in [0, 0.05) is 12.1 Å². The molecule has 2 saturated heterocycles. The van der Waals surface area contributed by atoms with E-state index >= 15 is 0 Å². The van der Waals surface area contributed by atoms with Gasteiger partial charge in [0.2, 0.25) is 5.88 Å². The van der Waals surface area contributed by atoms with E-state index in [-0.39, 0.29) is 37.0 Å². The number of ether oxygens (including phenoxy) is 1. The van der Waals surface area contributed by atoms with Crippen LogP contribution in [0.1, 0.15) is 37.8 Å². The Morgan fingerprint density at radius 1 is 1.19 bits per heavy atom. The standard InChI is InChI=1S/C18H20F3N3O3/c19-18(20,21)14-6-3-7-15(22-14)27-9-8-23-16(25)13-10-11-4-1-2-5-12(11)24(13)17(23)26/h3,6-7,11-13H,1-2,4-5,8-10H2/t11-,12+,13-/m0/s1. The molecule has 0 bridgehead atoms. The predicted octanol–water partition coefficient (Wildman–Crippen LogP) is 3.07. The number of alkyl halides is 3. The molecule has 9 heteroatoms. The second kappa shape index (κ2) is 6.69. The largest absolute Gasteiger partial charge is 0.476 e. The maximum absolute atomic E-state index is 12.7. The van der Waals surface area contributed by atoms with Gasteiger partial charge in [0.15, 0.2) is 0 Å². The average Bonchev–Trinajstić information content (AvgIpc) is 3.13. The van der Waals surface area contributed by atoms with Crippen molar-refractivity contribution in [1.29, 1.82) is 0 Å². The Labute approximate surface area is 154 Å². The smallest absolute Gasteiger partial charge is 0.433 e. The molecular formula is C18H20F3N3O3. The van der Waals surface area contributed by atoms with E-state index in [1.807, 2.05) is 0 Å². The molecule has 3 fully saturated rings. The molecule has 6 nitrogen and oxygen atoms in total. The topological polar surface area (TPSA) is 62.7 Å². The van der Waals surface area contributed by atoms with E-state index in [2.05, 4.69) is 4.98 Å². The first-order valence-electron chi connectivity index (χ1n) is 9.17. The minimum absolute atomic E-state index is 0.0000210. The van der Waals surface area contributed by atoms with Crippen LogP contribution in [0.3, 0.4) is 0 Å². The van der Waals surface area contributed by atoms with Crippen LogP contribution in [0.25, 0.3) is 0 Å². The lowest BCUT2D eigenvalue weighted by Gasteiger charge is -2.30. The summed E-state index contributed by atoms with van der Waals surface area (Å²) in [5.41, 5.74) is -1.04. The quantitative estimate of drug-likeness (QED) is 0.750. The lowest BCUT2D eigenvalue weighted by atomic mass is 9.84. The third kappa shape index (κ3) is 3.23. The normalized spacial score (nSPS) is 27.7. The number of hydrogen-bond donors (Lipinski definition) is 0. The third-order valence-corrected chi connectivity index (χ3v) is 5.67. The molecule has 0 spiro atoms. The maximum atomic E-state index is 12.7. The number of carbonyl (C=O) groups excluding carboxylic acids is 2. The number of imide groups is 1. The summed E-state index contributed by atoms with van der Waals surface area (Å²) >= 11 is 0. The van der Waals surface area contributed by atoms with Gasteiger partial charge in [-0.25, -0.2) is 9.78 Å². The second-order valence-electron chi connectivity index (χ2n) is 7.25. The highest BCUT2D eigenvalue weighted by atomic mass is 19.4. The first-order valence-corrected chi connectivity index (χ1v) is 9.17. The molecule has 0 N–H and O–H groups in total. The summed E-state index contributed by atoms with van der Waals surface area (Å²) in [6.45, 7) is -0.0968. The number of rotatable bonds is 4. The van der Waals surface area contributed by atoms with Crippen molar-refractivity contribution in [2.24, 2.45) is 5.92 Å². The van der Waals surface area contributed by atoms with Gasteiger partial charge in [-0.15, -0.1) is 0 Å². The first-order chi connectivity index (χ1) is 12.9. The highest BCUT2D eigenvalue weighted by Gasteiger charge is 2.55. The number of urea groups is 1. The van der Waals surface area contributed by atoms with Crippen molar-refractivity contribution in [2.45, 2.75) is 50.4 Å². The van der Waals surface area contributed by atoms with Gasteiger partial charge in [0.1, 0.15) is 18.3 Å². The number of fused-ring (bicyclic) bond motifs is 3. The molecule has 3 aliphatic rings. The van der Waals surface area contributed by atoms with Gasteiger partial charge in [-0.2, -0.15) is 13.2 Å². The fourth-order valence-corrected chi connectivity index (χ4v) is 4.47. The maximum Gasteiger partial charge on any atom is 0.433 e. The van der Waals surface area contributed by atoms with Crippen LogP contribution in [0.4, 0.5) is 18.0 Å². The van der Waals surface area contributed by atoms with E-state index in [4.69, 9.17) is 4.74 Å². The summed E-state index contributed by atoms with van der Waals surface area (Å²) in [5, 5.41) is 0. The molecule has 2 aliphatic heterocycles. The monoisotopic (exact) mass is 383 g/mol. The van der Waals surface area contributed by atoms with Crippen LogP contribution < -0.4 is 4.74 Å². The van der Waals surface area contributed by atoms with Gasteiger partial charge >= 0.3 is 12.2 Å². The second-order valence-corrected chi connectivity index (χ2v) is 7.25. The van der Waals surface area contributed by atoms with E-state index in [9.17, 15) is 22.8 Å². The van der Waals surface area contributed by atoms with Crippen LogP contribution in [-0.4, -0.2) is 52.0 Å². The lowest BCUT2D eigenvalue weighted by Crippen LogP contribution is -2.42. The molecule has 146 valence electrons. The van der Waals surface area contributed by atoms with E-state index < -0.39 is 17.9 Å². The Morgan fingerprint density at radius 3 is 2.74 bits per heavy atom. The molecule has 0 radical (unpaired) electrons. The van der Waals surface area contributed by atoms with Crippen LogP contribution in [0.2, 0.25) is 0 Å². The van der Waals surface area contributed by atoms with Gasteiger partial charge in [-0.3, -0.25) is 9.69 Å². The highest BCUT2D eigenvalue weighted by Crippen LogP contribution is 2.43. The zero-order valence-corrected chi connectivity index (χ0v) is 14.6. The molecule has 3 atom stereocenters. The van der Waals surface area contributed by atoms with Crippen molar-refractivity contribution in [2.75, 3.05) is 13.2 Å². The fraction of sp³-hybridized carbons (Fsp3) is 0.611. The zero-order chi connectivity index (χ0) is 19.2. The van der Waals surface area contributed by atoms with Crippen LogP contribution in [0.5, 0.6) is 5.88 Å². The summed E-state index contributed by atoms with van der Waals surface area (Å²) in [6.07, 6.45) is 0.354. The Morgan fingerprint density at radius 2 is 1.96 bits per heavy atom. The Kier molecular flexibility index (Phi) is 4.47. The highest BCUT2D eigenvalue weighted by molar-refractivity contribution is 6.04. The molecule has 1 aromatic rings. The van der Waals surface area contributed by atoms with Crippen molar-refractivity contribution in [3.63, 3.8) is 0 Å². The van der Waals surface area contributed by atoms with Crippen molar-refractivity contribution in [1.82, 2.24) is 14.8 Å². The van der Waals surface area contributed by atoms with Crippen molar-refractivity contribution in [3.8, 4) is 5.88 Å². The molecule has 0 unspecified atom stereocenters. The average molecular weight is 383 g/mol. The molecule has 1 aromatic heterocycles. The van der Waals surface area contributed by atoms with Gasteiger partial charge in [-0.1, -0.05) is 18.9 Å². The van der Waals surface area contributed by atoms with E-state index in [1.165, 1.54) is 12.1 Å². The van der Waals surface area contributed by atoms with Crippen LogP contribution in [0.15, 0.2) is 18.2 Å². The number of hydrogen-bond acceptors (Lipinski definition) is 4. The van der Waals surface area contributed by atoms with E-state index in [1.54, 1.807) is 4.90 Å². The molecular weight excluding hydrogens is 363 g/mol. The van der Waals surface area contributed by atoms with Crippen molar-refractivity contribution in [3.05, 3.63) is 23.9 Å². The molecule has 1 saturated carbocycles. The fourth-order valence-electron chi connectivity index (χ4n) is 4.47. The predicted molar refractivity (Wildman–Crippen MR) is 87.8 cm³/mol. The molecule has 4 rings (SSSR count). The SMILES string of the molecule is O=C1[C@@H]2C[C@@H]3CCCC[C@H]3N2C(=O)N1CCOc1cccc(C(F)(F)F)n1. The van der Waals surface area contributed by atoms with Crippen LogP contribution >= 0.6 is 0 Å². The molecule has 27 heavy (non-hydrogen) atoms. The molecule has 3 heterocycles. The Hall–Kier alpha value is -2.32. The van der Waals surface area contributed by atoms with Gasteiger partial charge in [0.25, 0.3) is 5.91 Å². The summed E-state index contributed by atoms with van der Waals surface area (Å²) < 4.78 is 43.3. The minimum Gasteiger partial charge on any atom is -0.476 e. The number of aromatic nitrogens is 1. The van der Waals surface area contributed by atoms with E-state index in [0.717, 1.165) is 36.6 Å². The van der Waals surface area contributed by atoms with Gasteiger partial charge < -0.3 is 9.64 Å². The summed E-state index contributed by atoms with van der Waals surface area (Å²) in [7, 11) is 0. The summed E-state index contributed by atoms with van der Waals surface area (Å²) in [4.78, 5) is 31.6. The Bertz CT molecular complexity index is 755. The van der Waals surface area contributed by atoms with Crippen molar-refractivity contribution >= 4 is 11.9 Å².